The van der Waals surface area contributed by atoms with Gasteiger partial charge >= 0.3 is 0 Å². The number of benzene rings is 1. The molecule has 1 aromatic carbocycles. The molecule has 4 nitrogen and oxygen atoms in total. The van der Waals surface area contributed by atoms with Gasteiger partial charge in [0.15, 0.2) is 0 Å². The number of aromatic nitrogens is 1. The first-order valence-electron chi connectivity index (χ1n) is 7.63. The molecule has 2 aromatic rings. The van der Waals surface area contributed by atoms with Gasteiger partial charge in [0.2, 0.25) is 5.91 Å². The summed E-state index contributed by atoms with van der Waals surface area (Å²) in [5.41, 5.74) is 4.28. The Bertz CT molecular complexity index is 648. The van der Waals surface area contributed by atoms with Crippen LogP contribution in [0, 0.1) is 12.8 Å². The molecule has 0 spiro atoms. The van der Waals surface area contributed by atoms with Crippen LogP contribution in [-0.2, 0) is 11.2 Å². The number of para-hydroxylation sites is 1. The predicted molar refractivity (Wildman–Crippen MR) is 91.5 cm³/mol. The monoisotopic (exact) mass is 297 g/mol. The zero-order valence-electron chi connectivity index (χ0n) is 13.6. The first-order chi connectivity index (χ1) is 10.5. The third-order valence-electron chi connectivity index (χ3n) is 3.55. The van der Waals surface area contributed by atoms with Crippen LogP contribution in [0.2, 0.25) is 0 Å². The van der Waals surface area contributed by atoms with Crippen LogP contribution in [0.5, 0.6) is 0 Å². The fraction of sp³-hybridized carbons (Fsp3) is 0.333. The van der Waals surface area contributed by atoms with Crippen LogP contribution < -0.4 is 10.6 Å². The largest absolute Gasteiger partial charge is 0.340 e. The molecule has 116 valence electrons. The summed E-state index contributed by atoms with van der Waals surface area (Å²) >= 11 is 0. The standard InChI is InChI=1S/C18H23N3O/c1-5-14-8-6-7-13(4)17(14)21-16-10-9-15(11-19-16)20-18(22)12(2)3/h6-12H,5H2,1-4H3,(H,19,21)(H,20,22). The number of pyridine rings is 1. The Kier molecular flexibility index (Phi) is 5.15. The summed E-state index contributed by atoms with van der Waals surface area (Å²) in [5, 5.41) is 6.21. The minimum Gasteiger partial charge on any atom is -0.340 e. The van der Waals surface area contributed by atoms with Gasteiger partial charge in [-0.2, -0.15) is 0 Å². The van der Waals surface area contributed by atoms with Gasteiger partial charge in [0.25, 0.3) is 0 Å². The van der Waals surface area contributed by atoms with Crippen LogP contribution in [-0.4, -0.2) is 10.9 Å². The highest BCUT2D eigenvalue weighted by atomic mass is 16.1. The number of aryl methyl sites for hydroxylation is 2. The fourth-order valence-corrected chi connectivity index (χ4v) is 2.16. The molecular formula is C18H23N3O. The minimum absolute atomic E-state index is 0.00492. The Hall–Kier alpha value is -2.36. The lowest BCUT2D eigenvalue weighted by Crippen LogP contribution is -2.17. The lowest BCUT2D eigenvalue weighted by atomic mass is 10.1. The quantitative estimate of drug-likeness (QED) is 0.865. The molecule has 0 aliphatic rings. The van der Waals surface area contributed by atoms with Crippen molar-refractivity contribution in [3.05, 3.63) is 47.7 Å². The third-order valence-corrected chi connectivity index (χ3v) is 3.55. The molecule has 4 heteroatoms. The number of carbonyl (C=O) groups excluding carboxylic acids is 1. The number of carbonyl (C=O) groups is 1. The maximum Gasteiger partial charge on any atom is 0.226 e. The van der Waals surface area contributed by atoms with E-state index in [1.165, 1.54) is 11.1 Å². The zero-order valence-corrected chi connectivity index (χ0v) is 13.6. The zero-order chi connectivity index (χ0) is 16.1. The Morgan fingerprint density at radius 1 is 1.23 bits per heavy atom. The predicted octanol–water partition coefficient (Wildman–Crippen LogP) is 4.29. The molecule has 0 aliphatic carbocycles. The molecule has 22 heavy (non-hydrogen) atoms. The second-order valence-corrected chi connectivity index (χ2v) is 5.66. The molecule has 0 saturated heterocycles. The second kappa shape index (κ2) is 7.07. The van der Waals surface area contributed by atoms with E-state index in [1.54, 1.807) is 6.20 Å². The van der Waals surface area contributed by atoms with Crippen molar-refractivity contribution < 1.29 is 4.79 Å². The van der Waals surface area contributed by atoms with Crippen molar-refractivity contribution in [2.75, 3.05) is 10.6 Å². The Morgan fingerprint density at radius 2 is 2.00 bits per heavy atom. The smallest absolute Gasteiger partial charge is 0.226 e. The number of nitrogens with zero attached hydrogens (tertiary/aromatic N) is 1. The van der Waals surface area contributed by atoms with Crippen LogP contribution in [0.1, 0.15) is 31.9 Å². The maximum atomic E-state index is 11.7. The topological polar surface area (TPSA) is 54.0 Å². The molecule has 0 unspecified atom stereocenters. The Balaban J connectivity index is 2.14. The van der Waals surface area contributed by atoms with E-state index in [0.29, 0.717) is 5.69 Å². The molecule has 0 saturated carbocycles. The van der Waals surface area contributed by atoms with Gasteiger partial charge in [-0.25, -0.2) is 4.98 Å². The molecule has 0 fully saturated rings. The first-order valence-corrected chi connectivity index (χ1v) is 7.63. The van der Waals surface area contributed by atoms with E-state index >= 15 is 0 Å². The Labute approximate surface area is 132 Å². The summed E-state index contributed by atoms with van der Waals surface area (Å²) in [7, 11) is 0. The van der Waals surface area contributed by atoms with Gasteiger partial charge in [-0.05, 0) is 36.6 Å². The number of hydrogen-bond acceptors (Lipinski definition) is 3. The third kappa shape index (κ3) is 3.85. The van der Waals surface area contributed by atoms with Crippen LogP contribution in [0.3, 0.4) is 0 Å². The molecule has 1 aromatic heterocycles. The van der Waals surface area contributed by atoms with Crippen LogP contribution in [0.15, 0.2) is 36.5 Å². The van der Waals surface area contributed by atoms with Gasteiger partial charge < -0.3 is 10.6 Å². The van der Waals surface area contributed by atoms with E-state index in [9.17, 15) is 4.79 Å². The second-order valence-electron chi connectivity index (χ2n) is 5.66. The lowest BCUT2D eigenvalue weighted by Gasteiger charge is -2.14. The molecule has 0 atom stereocenters. The van der Waals surface area contributed by atoms with Crippen molar-refractivity contribution in [3.8, 4) is 0 Å². The maximum absolute atomic E-state index is 11.7. The summed E-state index contributed by atoms with van der Waals surface area (Å²) in [4.78, 5) is 16.0. The van der Waals surface area contributed by atoms with Gasteiger partial charge in [0, 0.05) is 11.6 Å². The number of amides is 1. The number of nitrogens with one attached hydrogen (secondary N) is 2. The molecular weight excluding hydrogens is 274 g/mol. The average Bonchev–Trinajstić information content (AvgIpc) is 2.51. The van der Waals surface area contributed by atoms with Gasteiger partial charge in [-0.1, -0.05) is 39.0 Å². The first kappa shape index (κ1) is 16.0. The number of hydrogen-bond donors (Lipinski definition) is 2. The summed E-state index contributed by atoms with van der Waals surface area (Å²) in [5.74, 6) is 0.720. The van der Waals surface area contributed by atoms with Crippen molar-refractivity contribution in [1.29, 1.82) is 0 Å². The normalized spacial score (nSPS) is 10.6. The SMILES string of the molecule is CCc1cccc(C)c1Nc1ccc(NC(=O)C(C)C)cn1. The van der Waals surface area contributed by atoms with E-state index in [0.717, 1.165) is 17.9 Å². The summed E-state index contributed by atoms with van der Waals surface area (Å²) in [6.45, 7) is 7.95. The molecule has 0 aliphatic heterocycles. The minimum atomic E-state index is -0.0446. The Morgan fingerprint density at radius 3 is 2.59 bits per heavy atom. The van der Waals surface area contributed by atoms with E-state index in [2.05, 4.69) is 47.7 Å². The average molecular weight is 297 g/mol. The fourth-order valence-electron chi connectivity index (χ4n) is 2.16. The van der Waals surface area contributed by atoms with Gasteiger partial charge in [-0.15, -0.1) is 0 Å². The van der Waals surface area contributed by atoms with E-state index in [4.69, 9.17) is 0 Å². The van der Waals surface area contributed by atoms with Gasteiger partial charge in [0.05, 0.1) is 11.9 Å². The number of anilines is 3. The van der Waals surface area contributed by atoms with Crippen molar-refractivity contribution in [3.63, 3.8) is 0 Å². The lowest BCUT2D eigenvalue weighted by molar-refractivity contribution is -0.118. The van der Waals surface area contributed by atoms with Crippen LogP contribution >= 0.6 is 0 Å². The van der Waals surface area contributed by atoms with Gasteiger partial charge in [0.1, 0.15) is 5.82 Å². The van der Waals surface area contributed by atoms with Crippen molar-refractivity contribution in [2.24, 2.45) is 5.92 Å². The summed E-state index contributed by atoms with van der Waals surface area (Å²) in [6.07, 6.45) is 2.64. The molecule has 0 radical (unpaired) electrons. The molecule has 2 rings (SSSR count). The molecule has 1 heterocycles. The molecule has 2 N–H and O–H groups in total. The number of rotatable bonds is 5. The van der Waals surface area contributed by atoms with Crippen molar-refractivity contribution in [1.82, 2.24) is 4.98 Å². The summed E-state index contributed by atoms with van der Waals surface area (Å²) in [6, 6.07) is 10.0. The molecule has 0 bridgehead atoms. The van der Waals surface area contributed by atoms with E-state index in [-0.39, 0.29) is 11.8 Å². The van der Waals surface area contributed by atoms with Crippen molar-refractivity contribution >= 4 is 23.1 Å². The van der Waals surface area contributed by atoms with Crippen molar-refractivity contribution in [2.45, 2.75) is 34.1 Å². The van der Waals surface area contributed by atoms with Crippen LogP contribution in [0.25, 0.3) is 0 Å². The van der Waals surface area contributed by atoms with Crippen LogP contribution in [0.4, 0.5) is 17.2 Å². The van der Waals surface area contributed by atoms with E-state index < -0.39 is 0 Å². The highest BCUT2D eigenvalue weighted by Gasteiger charge is 2.08. The van der Waals surface area contributed by atoms with E-state index in [1.807, 2.05) is 26.0 Å². The summed E-state index contributed by atoms with van der Waals surface area (Å²) < 4.78 is 0. The van der Waals surface area contributed by atoms with Gasteiger partial charge in [-0.3, -0.25) is 4.79 Å². The highest BCUT2D eigenvalue weighted by Crippen LogP contribution is 2.24. The molecule has 1 amide bonds. The highest BCUT2D eigenvalue weighted by molar-refractivity contribution is 5.92.